The molecule has 0 spiro atoms. The lowest BCUT2D eigenvalue weighted by Gasteiger charge is -2.32. The van der Waals surface area contributed by atoms with Crippen LogP contribution in [0.5, 0.6) is 11.5 Å². The number of benzene rings is 1. The number of amides is 1. The molecule has 1 atom stereocenters. The fourth-order valence-corrected chi connectivity index (χ4v) is 4.13. The number of piperidine rings is 1. The smallest absolute Gasteiger partial charge is 0.261 e. The molecule has 4 rings (SSSR count). The largest absolute Gasteiger partial charge is 0.497 e. The minimum absolute atomic E-state index is 0.165. The molecule has 0 saturated carbocycles. The van der Waals surface area contributed by atoms with Crippen molar-refractivity contribution in [3.63, 3.8) is 0 Å². The monoisotopic (exact) mass is 382 g/mol. The predicted molar refractivity (Wildman–Crippen MR) is 106 cm³/mol. The number of aromatic amines is 1. The first-order chi connectivity index (χ1) is 13.6. The van der Waals surface area contributed by atoms with Gasteiger partial charge < -0.3 is 19.4 Å². The molecule has 1 amide bonds. The van der Waals surface area contributed by atoms with Crippen molar-refractivity contribution in [2.75, 3.05) is 26.8 Å². The average molecular weight is 382 g/mol. The summed E-state index contributed by atoms with van der Waals surface area (Å²) in [6, 6.07) is 9.33. The minimum atomic E-state index is -0.264. The second-order valence-corrected chi connectivity index (χ2v) is 7.62. The molecular formula is C22H26N2O4. The number of rotatable bonds is 5. The average Bonchev–Trinajstić information content (AvgIpc) is 3.18. The van der Waals surface area contributed by atoms with Crippen LogP contribution in [0.15, 0.2) is 35.1 Å². The number of fused-ring (bicyclic) bond motifs is 1. The fourth-order valence-electron chi connectivity index (χ4n) is 4.13. The highest BCUT2D eigenvalue weighted by molar-refractivity contribution is 5.94. The van der Waals surface area contributed by atoms with Crippen LogP contribution >= 0.6 is 0 Å². The molecule has 1 fully saturated rings. The van der Waals surface area contributed by atoms with Gasteiger partial charge in [-0.15, -0.1) is 0 Å². The van der Waals surface area contributed by atoms with Crippen molar-refractivity contribution >= 4 is 5.91 Å². The summed E-state index contributed by atoms with van der Waals surface area (Å²) in [6.07, 6.45) is 4.79. The van der Waals surface area contributed by atoms with E-state index in [-0.39, 0.29) is 22.9 Å². The van der Waals surface area contributed by atoms with E-state index in [0.29, 0.717) is 19.7 Å². The number of methoxy groups -OCH3 is 1. The van der Waals surface area contributed by atoms with Gasteiger partial charge in [0.1, 0.15) is 17.1 Å². The third-order valence-corrected chi connectivity index (χ3v) is 5.65. The van der Waals surface area contributed by atoms with Gasteiger partial charge in [-0.05, 0) is 55.9 Å². The summed E-state index contributed by atoms with van der Waals surface area (Å²) in [5.74, 6) is 1.60. The zero-order valence-electron chi connectivity index (χ0n) is 16.2. The van der Waals surface area contributed by atoms with Gasteiger partial charge in [-0.3, -0.25) is 9.59 Å². The van der Waals surface area contributed by atoms with Crippen LogP contribution in [-0.4, -0.2) is 42.6 Å². The normalized spacial score (nSPS) is 18.6. The molecule has 6 heteroatoms. The quantitative estimate of drug-likeness (QED) is 0.863. The molecule has 28 heavy (non-hydrogen) atoms. The van der Waals surface area contributed by atoms with Gasteiger partial charge in [0.15, 0.2) is 0 Å². The van der Waals surface area contributed by atoms with Crippen molar-refractivity contribution in [1.82, 2.24) is 9.88 Å². The Balaban J connectivity index is 1.41. The first-order valence-electron chi connectivity index (χ1n) is 9.95. The van der Waals surface area contributed by atoms with Crippen LogP contribution in [-0.2, 0) is 12.8 Å². The minimum Gasteiger partial charge on any atom is -0.497 e. The first-order valence-corrected chi connectivity index (χ1v) is 9.95. The van der Waals surface area contributed by atoms with Gasteiger partial charge in [-0.2, -0.15) is 0 Å². The Labute approximate surface area is 164 Å². The van der Waals surface area contributed by atoms with Gasteiger partial charge >= 0.3 is 0 Å². The second kappa shape index (κ2) is 8.09. The zero-order valence-corrected chi connectivity index (χ0v) is 16.2. The van der Waals surface area contributed by atoms with Crippen molar-refractivity contribution in [3.8, 4) is 11.5 Å². The number of carbonyl (C=O) groups is 1. The van der Waals surface area contributed by atoms with Gasteiger partial charge in [0.05, 0.1) is 13.7 Å². The van der Waals surface area contributed by atoms with Gasteiger partial charge in [0, 0.05) is 30.8 Å². The molecule has 2 heterocycles. The lowest BCUT2D eigenvalue weighted by molar-refractivity contribution is 0.0631. The molecule has 1 aliphatic heterocycles. The van der Waals surface area contributed by atoms with Crippen LogP contribution in [0.4, 0.5) is 0 Å². The topological polar surface area (TPSA) is 71.6 Å². The van der Waals surface area contributed by atoms with Gasteiger partial charge in [-0.25, -0.2) is 0 Å². The number of nitrogens with zero attached hydrogens (tertiary/aromatic N) is 1. The lowest BCUT2D eigenvalue weighted by Crippen LogP contribution is -2.43. The van der Waals surface area contributed by atoms with E-state index in [1.165, 1.54) is 0 Å². The maximum absolute atomic E-state index is 13.0. The van der Waals surface area contributed by atoms with Crippen molar-refractivity contribution in [2.45, 2.75) is 32.1 Å². The van der Waals surface area contributed by atoms with E-state index in [9.17, 15) is 9.59 Å². The highest BCUT2D eigenvalue weighted by Crippen LogP contribution is 2.24. The Morgan fingerprint density at radius 3 is 2.93 bits per heavy atom. The Morgan fingerprint density at radius 1 is 1.21 bits per heavy atom. The van der Waals surface area contributed by atoms with E-state index in [4.69, 9.17) is 9.47 Å². The van der Waals surface area contributed by atoms with Gasteiger partial charge in [-0.1, -0.05) is 6.07 Å². The Bertz CT molecular complexity index is 921. The van der Waals surface area contributed by atoms with Crippen LogP contribution in [0.3, 0.4) is 0 Å². The molecular weight excluding hydrogens is 356 g/mol. The third-order valence-electron chi connectivity index (χ3n) is 5.65. The summed E-state index contributed by atoms with van der Waals surface area (Å²) >= 11 is 0. The van der Waals surface area contributed by atoms with Crippen molar-refractivity contribution in [2.24, 2.45) is 5.92 Å². The third kappa shape index (κ3) is 3.91. The second-order valence-electron chi connectivity index (χ2n) is 7.62. The summed E-state index contributed by atoms with van der Waals surface area (Å²) < 4.78 is 11.1. The van der Waals surface area contributed by atoms with Crippen LogP contribution in [0.25, 0.3) is 0 Å². The van der Waals surface area contributed by atoms with E-state index < -0.39 is 0 Å². The summed E-state index contributed by atoms with van der Waals surface area (Å²) in [5, 5.41) is 0. The molecule has 1 aromatic carbocycles. The number of ether oxygens (including phenoxy) is 2. The number of aromatic nitrogens is 1. The lowest BCUT2D eigenvalue weighted by atomic mass is 9.98. The standard InChI is InChI=1S/C22H26N2O4/c1-27-17-7-3-8-18(12-17)28-14-15-5-4-10-24(13-15)22(26)19-11-16-6-2-9-20(16)23-21(19)25/h3,7-8,11-12,15H,2,4-6,9-10,13-14H2,1H3,(H,23,25)/t15-/m0/s1. The first kappa shape index (κ1) is 18.6. The van der Waals surface area contributed by atoms with Gasteiger partial charge in [0.25, 0.3) is 11.5 Å². The Kier molecular flexibility index (Phi) is 5.37. The highest BCUT2D eigenvalue weighted by atomic mass is 16.5. The van der Waals surface area contributed by atoms with E-state index in [1.807, 2.05) is 24.3 Å². The zero-order chi connectivity index (χ0) is 19.5. The van der Waals surface area contributed by atoms with Crippen molar-refractivity contribution < 1.29 is 14.3 Å². The SMILES string of the molecule is COc1cccc(OC[C@H]2CCCN(C(=O)c3cc4c([nH]c3=O)CCC4)C2)c1. The number of H-pyrrole nitrogens is 1. The summed E-state index contributed by atoms with van der Waals surface area (Å²) in [5.41, 5.74) is 2.11. The van der Waals surface area contributed by atoms with Crippen LogP contribution in [0.2, 0.25) is 0 Å². The molecule has 1 saturated heterocycles. The van der Waals surface area contributed by atoms with Crippen LogP contribution < -0.4 is 15.0 Å². The Hall–Kier alpha value is -2.76. The van der Waals surface area contributed by atoms with E-state index in [0.717, 1.165) is 54.9 Å². The predicted octanol–water partition coefficient (Wildman–Crippen LogP) is 2.80. The summed E-state index contributed by atoms with van der Waals surface area (Å²) in [7, 11) is 1.63. The molecule has 6 nitrogen and oxygen atoms in total. The fraction of sp³-hybridized carbons (Fsp3) is 0.455. The molecule has 0 unspecified atom stereocenters. The molecule has 0 radical (unpaired) electrons. The number of carbonyl (C=O) groups excluding carboxylic acids is 1. The van der Waals surface area contributed by atoms with E-state index in [1.54, 1.807) is 18.1 Å². The van der Waals surface area contributed by atoms with E-state index in [2.05, 4.69) is 4.98 Å². The molecule has 148 valence electrons. The maximum Gasteiger partial charge on any atom is 0.261 e. The maximum atomic E-state index is 13.0. The number of aryl methyl sites for hydroxylation is 2. The molecule has 1 aromatic heterocycles. The van der Waals surface area contributed by atoms with Crippen LogP contribution in [0.1, 0.15) is 40.9 Å². The number of pyridine rings is 1. The van der Waals surface area contributed by atoms with Crippen molar-refractivity contribution in [3.05, 3.63) is 57.5 Å². The van der Waals surface area contributed by atoms with Crippen LogP contribution in [0, 0.1) is 5.92 Å². The highest BCUT2D eigenvalue weighted by Gasteiger charge is 2.27. The molecule has 1 aliphatic carbocycles. The number of likely N-dealkylation sites (tertiary alicyclic amines) is 1. The van der Waals surface area contributed by atoms with E-state index >= 15 is 0 Å². The van der Waals surface area contributed by atoms with Crippen molar-refractivity contribution in [1.29, 1.82) is 0 Å². The molecule has 2 aliphatic rings. The number of hydrogen-bond acceptors (Lipinski definition) is 4. The summed E-state index contributed by atoms with van der Waals surface area (Å²) in [6.45, 7) is 1.84. The molecule has 1 N–H and O–H groups in total. The molecule has 2 aromatic rings. The molecule has 0 bridgehead atoms. The summed E-state index contributed by atoms with van der Waals surface area (Å²) in [4.78, 5) is 30.1. The number of nitrogens with one attached hydrogen (secondary N) is 1. The van der Waals surface area contributed by atoms with Gasteiger partial charge in [0.2, 0.25) is 0 Å². The number of hydrogen-bond donors (Lipinski definition) is 1. The Morgan fingerprint density at radius 2 is 2.07 bits per heavy atom.